The third-order valence-corrected chi connectivity index (χ3v) is 5.22. The molecule has 4 aliphatic rings. The summed E-state index contributed by atoms with van der Waals surface area (Å²) in [5, 5.41) is 10.4. The van der Waals surface area contributed by atoms with E-state index in [0.29, 0.717) is 11.8 Å². The van der Waals surface area contributed by atoms with E-state index in [1.165, 1.54) is 12.8 Å². The highest BCUT2D eigenvalue weighted by Gasteiger charge is 2.60. The average Bonchev–Trinajstić information content (AvgIpc) is 2.11. The second kappa shape index (κ2) is 2.53. The molecule has 0 radical (unpaired) electrons. The smallest absolute Gasteiger partial charge is 0.0709 e. The van der Waals surface area contributed by atoms with Crippen molar-refractivity contribution in [2.75, 3.05) is 7.11 Å². The molecule has 2 nitrogen and oxygen atoms in total. The fourth-order valence-electron chi connectivity index (χ4n) is 4.48. The molecule has 2 unspecified atom stereocenters. The van der Waals surface area contributed by atoms with Crippen LogP contribution in [0.25, 0.3) is 0 Å². The van der Waals surface area contributed by atoms with Crippen molar-refractivity contribution in [3.8, 4) is 0 Å². The van der Waals surface area contributed by atoms with E-state index in [1.54, 1.807) is 0 Å². The summed E-state index contributed by atoms with van der Waals surface area (Å²) < 4.78 is 5.75. The molecule has 4 aliphatic carbocycles. The highest BCUT2D eigenvalue weighted by molar-refractivity contribution is 5.11. The molecular weight excluding hydrogens is 176 g/mol. The van der Waals surface area contributed by atoms with Crippen LogP contribution in [0.1, 0.15) is 39.0 Å². The minimum Gasteiger partial charge on any atom is -0.390 e. The summed E-state index contributed by atoms with van der Waals surface area (Å²) in [4.78, 5) is 0. The van der Waals surface area contributed by atoms with Crippen LogP contribution in [0, 0.1) is 17.8 Å². The number of aliphatic hydroxyl groups is 1. The fourth-order valence-corrected chi connectivity index (χ4v) is 4.48. The first-order chi connectivity index (χ1) is 6.56. The first-order valence-corrected chi connectivity index (χ1v) is 5.83. The summed E-state index contributed by atoms with van der Waals surface area (Å²) in [6.45, 7) is 2.25. The molecule has 2 atom stereocenters. The summed E-state index contributed by atoms with van der Waals surface area (Å²) in [5.74, 6) is 1.98. The second-order valence-electron chi connectivity index (χ2n) is 5.96. The van der Waals surface area contributed by atoms with Crippen molar-refractivity contribution in [1.82, 2.24) is 0 Å². The van der Waals surface area contributed by atoms with E-state index in [2.05, 4.69) is 6.92 Å². The maximum Gasteiger partial charge on any atom is 0.0709 e. The Morgan fingerprint density at radius 3 is 2.14 bits per heavy atom. The lowest BCUT2D eigenvalue weighted by Gasteiger charge is -2.62. The summed E-state index contributed by atoms with van der Waals surface area (Å²) >= 11 is 0. The van der Waals surface area contributed by atoms with Gasteiger partial charge in [0.05, 0.1) is 11.2 Å². The molecule has 0 aromatic carbocycles. The Labute approximate surface area is 85.6 Å². The molecule has 0 aliphatic heterocycles. The highest BCUT2D eigenvalue weighted by atomic mass is 16.5. The number of methoxy groups -OCH3 is 1. The largest absolute Gasteiger partial charge is 0.390 e. The van der Waals surface area contributed by atoms with Gasteiger partial charge in [0.2, 0.25) is 0 Å². The maximum atomic E-state index is 10.4. The van der Waals surface area contributed by atoms with Crippen LogP contribution in [-0.2, 0) is 4.74 Å². The van der Waals surface area contributed by atoms with Gasteiger partial charge in [-0.25, -0.2) is 0 Å². The van der Waals surface area contributed by atoms with Crippen LogP contribution in [-0.4, -0.2) is 23.4 Å². The molecule has 0 aromatic rings. The molecular formula is C12H20O2. The van der Waals surface area contributed by atoms with Gasteiger partial charge in [-0.3, -0.25) is 0 Å². The summed E-state index contributed by atoms with van der Waals surface area (Å²) in [6.07, 6.45) is 5.57. The van der Waals surface area contributed by atoms with Crippen LogP contribution < -0.4 is 0 Å². The SMILES string of the molecule is COC1(C)C2CC3CC1CC(O)(C3)C2. The van der Waals surface area contributed by atoms with Gasteiger partial charge in [-0.1, -0.05) is 0 Å². The van der Waals surface area contributed by atoms with Crippen LogP contribution in [0.5, 0.6) is 0 Å². The van der Waals surface area contributed by atoms with Gasteiger partial charge in [-0.05, 0) is 56.8 Å². The Bertz CT molecular complexity index is 245. The number of hydrogen-bond acceptors (Lipinski definition) is 2. The van der Waals surface area contributed by atoms with E-state index in [9.17, 15) is 5.11 Å². The molecule has 4 fully saturated rings. The fraction of sp³-hybridized carbons (Fsp3) is 1.00. The van der Waals surface area contributed by atoms with E-state index >= 15 is 0 Å². The zero-order chi connectivity index (χ0) is 9.97. The van der Waals surface area contributed by atoms with Crippen molar-refractivity contribution in [2.45, 2.75) is 50.2 Å². The van der Waals surface area contributed by atoms with E-state index in [0.717, 1.165) is 25.2 Å². The molecule has 0 amide bonds. The molecule has 4 bridgehead atoms. The Hall–Kier alpha value is -0.0800. The van der Waals surface area contributed by atoms with Crippen LogP contribution in [0.3, 0.4) is 0 Å². The highest BCUT2D eigenvalue weighted by Crippen LogP contribution is 2.60. The third-order valence-electron chi connectivity index (χ3n) is 5.22. The Balaban J connectivity index is 1.96. The van der Waals surface area contributed by atoms with Crippen molar-refractivity contribution in [3.63, 3.8) is 0 Å². The zero-order valence-electron chi connectivity index (χ0n) is 9.12. The van der Waals surface area contributed by atoms with E-state index in [4.69, 9.17) is 4.74 Å². The Kier molecular flexibility index (Phi) is 1.66. The second-order valence-corrected chi connectivity index (χ2v) is 5.96. The third kappa shape index (κ3) is 0.989. The van der Waals surface area contributed by atoms with Crippen LogP contribution in [0.2, 0.25) is 0 Å². The Morgan fingerprint density at radius 1 is 1.14 bits per heavy atom. The summed E-state index contributed by atoms with van der Waals surface area (Å²) in [6, 6.07) is 0. The average molecular weight is 196 g/mol. The van der Waals surface area contributed by atoms with Gasteiger partial charge in [0, 0.05) is 7.11 Å². The van der Waals surface area contributed by atoms with Crippen LogP contribution in [0.4, 0.5) is 0 Å². The summed E-state index contributed by atoms with van der Waals surface area (Å²) in [7, 11) is 1.84. The van der Waals surface area contributed by atoms with Crippen LogP contribution >= 0.6 is 0 Å². The van der Waals surface area contributed by atoms with Crippen molar-refractivity contribution in [2.24, 2.45) is 17.8 Å². The van der Waals surface area contributed by atoms with Gasteiger partial charge in [-0.15, -0.1) is 0 Å². The normalized spacial score (nSPS) is 60.6. The minimum atomic E-state index is -0.325. The van der Waals surface area contributed by atoms with Crippen LogP contribution in [0.15, 0.2) is 0 Å². The molecule has 4 rings (SSSR count). The number of ether oxygens (including phenoxy) is 1. The van der Waals surface area contributed by atoms with Gasteiger partial charge in [0.15, 0.2) is 0 Å². The van der Waals surface area contributed by atoms with Crippen molar-refractivity contribution in [1.29, 1.82) is 0 Å². The monoisotopic (exact) mass is 196 g/mol. The summed E-state index contributed by atoms with van der Waals surface area (Å²) in [5.41, 5.74) is -0.266. The minimum absolute atomic E-state index is 0.0587. The zero-order valence-corrected chi connectivity index (χ0v) is 9.12. The van der Waals surface area contributed by atoms with Gasteiger partial charge in [0.25, 0.3) is 0 Å². The molecule has 4 saturated carbocycles. The Morgan fingerprint density at radius 2 is 1.71 bits per heavy atom. The molecule has 1 N–H and O–H groups in total. The number of hydrogen-bond donors (Lipinski definition) is 1. The van der Waals surface area contributed by atoms with Gasteiger partial charge >= 0.3 is 0 Å². The standard InChI is InChI=1S/C12H20O2/c1-11(14-2)9-3-8-4-10(11)7-12(13,5-8)6-9/h8-10,13H,3-7H2,1-2H3. The molecule has 0 saturated heterocycles. The predicted molar refractivity (Wildman–Crippen MR) is 53.9 cm³/mol. The number of rotatable bonds is 1. The maximum absolute atomic E-state index is 10.4. The molecule has 0 aromatic heterocycles. The molecule has 0 spiro atoms. The first kappa shape index (κ1) is 9.17. The first-order valence-electron chi connectivity index (χ1n) is 5.83. The van der Waals surface area contributed by atoms with E-state index in [-0.39, 0.29) is 11.2 Å². The molecule has 0 heterocycles. The predicted octanol–water partition coefficient (Wildman–Crippen LogP) is 1.96. The molecule has 2 heteroatoms. The van der Waals surface area contributed by atoms with E-state index in [1.807, 2.05) is 7.11 Å². The lowest BCUT2D eigenvalue weighted by Crippen LogP contribution is -2.62. The lowest BCUT2D eigenvalue weighted by atomic mass is 9.48. The quantitative estimate of drug-likeness (QED) is 0.694. The van der Waals surface area contributed by atoms with Crippen molar-refractivity contribution < 1.29 is 9.84 Å². The van der Waals surface area contributed by atoms with E-state index < -0.39 is 0 Å². The molecule has 14 heavy (non-hydrogen) atoms. The van der Waals surface area contributed by atoms with Gasteiger partial charge in [-0.2, -0.15) is 0 Å². The van der Waals surface area contributed by atoms with Gasteiger partial charge in [0.1, 0.15) is 0 Å². The molecule has 80 valence electrons. The van der Waals surface area contributed by atoms with Gasteiger partial charge < -0.3 is 9.84 Å². The van der Waals surface area contributed by atoms with Crippen molar-refractivity contribution in [3.05, 3.63) is 0 Å². The topological polar surface area (TPSA) is 29.5 Å². The van der Waals surface area contributed by atoms with Crippen molar-refractivity contribution >= 4 is 0 Å². The lowest BCUT2D eigenvalue weighted by molar-refractivity contribution is -0.229.